The minimum Gasteiger partial charge on any atom is -0.319 e. The van der Waals surface area contributed by atoms with Gasteiger partial charge in [0.2, 0.25) is 5.91 Å². The van der Waals surface area contributed by atoms with Crippen LogP contribution in [0.25, 0.3) is 0 Å². The van der Waals surface area contributed by atoms with Crippen LogP contribution in [-0.2, 0) is 4.79 Å². The van der Waals surface area contributed by atoms with Crippen LogP contribution in [0.15, 0.2) is 5.38 Å². The number of aryl methyl sites for hydroxylation is 1. The Morgan fingerprint density at radius 1 is 1.63 bits per heavy atom. The molecule has 1 aliphatic rings. The fraction of sp³-hybridized carbons (Fsp3) is 0.692. The smallest absolute Gasteiger partial charge is 0.240 e. The molecule has 2 N–H and O–H groups in total. The van der Waals surface area contributed by atoms with Gasteiger partial charge in [-0.2, -0.15) is 0 Å². The number of anilines is 1. The Morgan fingerprint density at radius 2 is 2.47 bits per heavy atom. The Bertz CT molecular complexity index is 419. The van der Waals surface area contributed by atoms with Crippen molar-refractivity contribution in [2.75, 3.05) is 38.5 Å². The summed E-state index contributed by atoms with van der Waals surface area (Å²) in [4.78, 5) is 18.4. The van der Waals surface area contributed by atoms with E-state index in [2.05, 4.69) is 20.5 Å². The molecule has 6 heteroatoms. The van der Waals surface area contributed by atoms with E-state index in [0.717, 1.165) is 25.3 Å². The molecule has 0 bridgehead atoms. The van der Waals surface area contributed by atoms with E-state index in [9.17, 15) is 4.79 Å². The standard InChI is InChI=1S/C13H22N4OS/c1-10-9-19-13(15-10)16-12(18)8-17-5-3-4-11(7-17)6-14-2/h9,11,14H,3-8H2,1-2H3,(H,15,16,18). The lowest BCUT2D eigenvalue weighted by molar-refractivity contribution is -0.117. The zero-order chi connectivity index (χ0) is 13.7. The topological polar surface area (TPSA) is 57.3 Å². The van der Waals surface area contributed by atoms with Gasteiger partial charge in [-0.25, -0.2) is 4.98 Å². The number of nitrogens with zero attached hydrogens (tertiary/aromatic N) is 2. The van der Waals surface area contributed by atoms with Gasteiger partial charge >= 0.3 is 0 Å². The maximum absolute atomic E-state index is 12.0. The molecule has 0 aliphatic carbocycles. The van der Waals surface area contributed by atoms with Gasteiger partial charge in [0.25, 0.3) is 0 Å². The SMILES string of the molecule is CNCC1CCCN(CC(=O)Nc2nc(C)cs2)C1. The average molecular weight is 282 g/mol. The largest absolute Gasteiger partial charge is 0.319 e. The van der Waals surface area contributed by atoms with Crippen LogP contribution < -0.4 is 10.6 Å². The number of hydrogen-bond acceptors (Lipinski definition) is 5. The maximum atomic E-state index is 12.0. The number of amides is 1. The fourth-order valence-electron chi connectivity index (χ4n) is 2.52. The van der Waals surface area contributed by atoms with Crippen LogP contribution in [0.1, 0.15) is 18.5 Å². The second-order valence-corrected chi connectivity index (χ2v) is 6.00. The Balaban J connectivity index is 1.78. The number of piperidine rings is 1. The van der Waals surface area contributed by atoms with Gasteiger partial charge < -0.3 is 10.6 Å². The second kappa shape index (κ2) is 6.98. The molecule has 2 heterocycles. The van der Waals surface area contributed by atoms with Crippen molar-refractivity contribution in [3.05, 3.63) is 11.1 Å². The highest BCUT2D eigenvalue weighted by Gasteiger charge is 2.21. The Morgan fingerprint density at radius 3 is 3.16 bits per heavy atom. The number of carbonyl (C=O) groups is 1. The molecule has 106 valence electrons. The van der Waals surface area contributed by atoms with Gasteiger partial charge in [-0.3, -0.25) is 9.69 Å². The maximum Gasteiger partial charge on any atom is 0.240 e. The summed E-state index contributed by atoms with van der Waals surface area (Å²) in [6, 6.07) is 0. The number of aromatic nitrogens is 1. The van der Waals surface area contributed by atoms with Gasteiger partial charge in [0, 0.05) is 11.9 Å². The molecule has 5 nitrogen and oxygen atoms in total. The van der Waals surface area contributed by atoms with E-state index in [1.807, 2.05) is 19.4 Å². The summed E-state index contributed by atoms with van der Waals surface area (Å²) in [6.07, 6.45) is 2.43. The molecule has 1 saturated heterocycles. The Labute approximate surface area is 118 Å². The Hall–Kier alpha value is -0.980. The van der Waals surface area contributed by atoms with Crippen LogP contribution in [0, 0.1) is 12.8 Å². The highest BCUT2D eigenvalue weighted by molar-refractivity contribution is 7.13. The fourth-order valence-corrected chi connectivity index (χ4v) is 3.23. The van der Waals surface area contributed by atoms with E-state index < -0.39 is 0 Å². The van der Waals surface area contributed by atoms with E-state index in [1.54, 1.807) is 0 Å². The van der Waals surface area contributed by atoms with Crippen LogP contribution in [0.2, 0.25) is 0 Å². The van der Waals surface area contributed by atoms with Crippen molar-refractivity contribution >= 4 is 22.4 Å². The molecule has 1 unspecified atom stereocenters. The monoisotopic (exact) mass is 282 g/mol. The molecule has 1 aliphatic heterocycles. The van der Waals surface area contributed by atoms with E-state index in [4.69, 9.17) is 0 Å². The van der Waals surface area contributed by atoms with E-state index >= 15 is 0 Å². The molecule has 19 heavy (non-hydrogen) atoms. The molecule has 1 atom stereocenters. The van der Waals surface area contributed by atoms with Crippen molar-refractivity contribution in [1.29, 1.82) is 0 Å². The van der Waals surface area contributed by atoms with Crippen LogP contribution in [0.4, 0.5) is 5.13 Å². The first-order chi connectivity index (χ1) is 9.17. The number of rotatable bonds is 5. The first-order valence-electron chi connectivity index (χ1n) is 6.76. The normalized spacial score (nSPS) is 20.4. The van der Waals surface area contributed by atoms with E-state index in [1.165, 1.54) is 24.2 Å². The lowest BCUT2D eigenvalue weighted by Gasteiger charge is -2.31. The predicted molar refractivity (Wildman–Crippen MR) is 78.6 cm³/mol. The lowest BCUT2D eigenvalue weighted by Crippen LogP contribution is -2.42. The summed E-state index contributed by atoms with van der Waals surface area (Å²) in [6.45, 7) is 5.46. The second-order valence-electron chi connectivity index (χ2n) is 5.14. The number of hydrogen-bond donors (Lipinski definition) is 2. The molecule has 0 radical (unpaired) electrons. The van der Waals surface area contributed by atoms with Gasteiger partial charge in [-0.05, 0) is 45.8 Å². The zero-order valence-corrected chi connectivity index (χ0v) is 12.4. The van der Waals surface area contributed by atoms with Crippen molar-refractivity contribution in [1.82, 2.24) is 15.2 Å². The molecule has 1 aromatic rings. The highest BCUT2D eigenvalue weighted by Crippen LogP contribution is 2.17. The third-order valence-corrected chi connectivity index (χ3v) is 4.20. The van der Waals surface area contributed by atoms with Crippen molar-refractivity contribution in [3.63, 3.8) is 0 Å². The lowest BCUT2D eigenvalue weighted by atomic mass is 9.98. The minimum absolute atomic E-state index is 0.0412. The van der Waals surface area contributed by atoms with E-state index in [0.29, 0.717) is 17.6 Å². The first-order valence-corrected chi connectivity index (χ1v) is 7.64. The van der Waals surface area contributed by atoms with Crippen molar-refractivity contribution in [2.45, 2.75) is 19.8 Å². The van der Waals surface area contributed by atoms with Crippen LogP contribution in [-0.4, -0.2) is 49.0 Å². The number of likely N-dealkylation sites (tertiary alicyclic amines) is 1. The number of thiazole rings is 1. The number of carbonyl (C=O) groups excluding carboxylic acids is 1. The molecule has 1 amide bonds. The third-order valence-electron chi connectivity index (χ3n) is 3.33. The molecular formula is C13H22N4OS. The van der Waals surface area contributed by atoms with E-state index in [-0.39, 0.29) is 5.91 Å². The van der Waals surface area contributed by atoms with Crippen LogP contribution in [0.3, 0.4) is 0 Å². The van der Waals surface area contributed by atoms with Gasteiger partial charge in [-0.15, -0.1) is 11.3 Å². The van der Waals surface area contributed by atoms with Gasteiger partial charge in [-0.1, -0.05) is 0 Å². The summed E-state index contributed by atoms with van der Waals surface area (Å²) in [5, 5.41) is 8.73. The molecule has 1 fully saturated rings. The predicted octanol–water partition coefficient (Wildman–Crippen LogP) is 1.32. The van der Waals surface area contributed by atoms with Crippen molar-refractivity contribution in [3.8, 4) is 0 Å². The minimum atomic E-state index is 0.0412. The van der Waals surface area contributed by atoms with Crippen LogP contribution >= 0.6 is 11.3 Å². The third kappa shape index (κ3) is 4.56. The average Bonchev–Trinajstić information content (AvgIpc) is 2.75. The highest BCUT2D eigenvalue weighted by atomic mass is 32.1. The number of nitrogens with one attached hydrogen (secondary N) is 2. The van der Waals surface area contributed by atoms with Gasteiger partial charge in [0.05, 0.1) is 12.2 Å². The molecule has 0 saturated carbocycles. The van der Waals surface area contributed by atoms with Gasteiger partial charge in [0.15, 0.2) is 5.13 Å². The van der Waals surface area contributed by atoms with Crippen LogP contribution in [0.5, 0.6) is 0 Å². The molecule has 0 aromatic carbocycles. The van der Waals surface area contributed by atoms with Gasteiger partial charge in [0.1, 0.15) is 0 Å². The molecule has 0 spiro atoms. The molecule has 1 aromatic heterocycles. The summed E-state index contributed by atoms with van der Waals surface area (Å²) in [7, 11) is 1.98. The molecular weight excluding hydrogens is 260 g/mol. The first kappa shape index (κ1) is 14.4. The zero-order valence-electron chi connectivity index (χ0n) is 11.6. The summed E-state index contributed by atoms with van der Waals surface area (Å²) in [5.74, 6) is 0.702. The quantitative estimate of drug-likeness (QED) is 0.855. The Kier molecular flexibility index (Phi) is 5.30. The van der Waals surface area contributed by atoms with Crippen molar-refractivity contribution < 1.29 is 4.79 Å². The summed E-state index contributed by atoms with van der Waals surface area (Å²) < 4.78 is 0. The summed E-state index contributed by atoms with van der Waals surface area (Å²) >= 11 is 1.48. The summed E-state index contributed by atoms with van der Waals surface area (Å²) in [5.41, 5.74) is 0.951. The van der Waals surface area contributed by atoms with Crippen molar-refractivity contribution in [2.24, 2.45) is 5.92 Å². The molecule has 2 rings (SSSR count).